The van der Waals surface area contributed by atoms with Gasteiger partial charge in [-0.15, -0.1) is 0 Å². The Balaban J connectivity index is 2.03. The predicted molar refractivity (Wildman–Crippen MR) is 78.5 cm³/mol. The van der Waals surface area contributed by atoms with Crippen molar-refractivity contribution in [1.29, 1.82) is 0 Å². The molecular weight excluding hydrogens is 255 g/mol. The number of halogens is 1. The van der Waals surface area contributed by atoms with Crippen LogP contribution in [0.3, 0.4) is 0 Å². The molecule has 3 nitrogen and oxygen atoms in total. The third-order valence-electron chi connectivity index (χ3n) is 4.01. The van der Waals surface area contributed by atoms with Gasteiger partial charge in [0.05, 0.1) is 6.54 Å². The van der Waals surface area contributed by atoms with Gasteiger partial charge in [0.1, 0.15) is 5.82 Å². The highest BCUT2D eigenvalue weighted by molar-refractivity contribution is 5.97. The molecule has 2 rings (SSSR count). The normalized spacial score (nSPS) is 21.6. The van der Waals surface area contributed by atoms with E-state index in [0.717, 1.165) is 32.5 Å². The summed E-state index contributed by atoms with van der Waals surface area (Å²) in [5.74, 6) is -0.225. The Bertz CT molecular complexity index is 446. The van der Waals surface area contributed by atoms with Crippen molar-refractivity contribution < 1.29 is 9.18 Å². The molecule has 0 amide bonds. The third kappa shape index (κ3) is 3.87. The number of rotatable bonds is 4. The van der Waals surface area contributed by atoms with Crippen LogP contribution in [0.5, 0.6) is 0 Å². The van der Waals surface area contributed by atoms with Gasteiger partial charge in [0, 0.05) is 24.7 Å². The highest BCUT2D eigenvalue weighted by Gasteiger charge is 2.24. The minimum atomic E-state index is -0.301. The molecule has 1 atom stereocenters. The van der Waals surface area contributed by atoms with Crippen LogP contribution in [0.25, 0.3) is 0 Å². The predicted octanol–water partition coefficient (Wildman–Crippen LogP) is 2.42. The highest BCUT2D eigenvalue weighted by Crippen LogP contribution is 2.13. The van der Waals surface area contributed by atoms with E-state index >= 15 is 0 Å². The molecule has 1 aliphatic heterocycles. The van der Waals surface area contributed by atoms with Gasteiger partial charge in [0.15, 0.2) is 5.78 Å². The molecule has 110 valence electrons. The second-order valence-electron chi connectivity index (χ2n) is 5.58. The summed E-state index contributed by atoms with van der Waals surface area (Å²) < 4.78 is 12.9. The smallest absolute Gasteiger partial charge is 0.176 e. The number of nitrogens with zero attached hydrogens (tertiary/aromatic N) is 2. The van der Waals surface area contributed by atoms with E-state index in [4.69, 9.17) is 0 Å². The molecule has 0 radical (unpaired) electrons. The van der Waals surface area contributed by atoms with Gasteiger partial charge in [-0.1, -0.05) is 6.92 Å². The van der Waals surface area contributed by atoms with Crippen molar-refractivity contribution in [2.75, 3.05) is 33.2 Å². The van der Waals surface area contributed by atoms with E-state index in [9.17, 15) is 9.18 Å². The number of hydrogen-bond acceptors (Lipinski definition) is 3. The second kappa shape index (κ2) is 6.95. The summed E-state index contributed by atoms with van der Waals surface area (Å²) >= 11 is 0. The summed E-state index contributed by atoms with van der Waals surface area (Å²) in [6, 6.07) is 6.26. The van der Waals surface area contributed by atoms with Crippen LogP contribution in [0.15, 0.2) is 24.3 Å². The molecule has 0 spiro atoms. The van der Waals surface area contributed by atoms with Gasteiger partial charge in [-0.25, -0.2) is 4.39 Å². The maximum absolute atomic E-state index is 12.9. The molecule has 1 saturated heterocycles. The van der Waals surface area contributed by atoms with Gasteiger partial charge < -0.3 is 4.90 Å². The van der Waals surface area contributed by atoms with Gasteiger partial charge >= 0.3 is 0 Å². The molecule has 0 N–H and O–H groups in total. The summed E-state index contributed by atoms with van der Waals surface area (Å²) in [7, 11) is 2.13. The SMILES string of the molecule is CCC1CN(C)CCCN1CC(=O)c1ccc(F)cc1. The first-order chi connectivity index (χ1) is 9.60. The Hall–Kier alpha value is -1.26. The van der Waals surface area contributed by atoms with E-state index in [2.05, 4.69) is 23.8 Å². The molecule has 1 heterocycles. The summed E-state index contributed by atoms with van der Waals surface area (Å²) in [5.41, 5.74) is 0.596. The topological polar surface area (TPSA) is 23.6 Å². The summed E-state index contributed by atoms with van der Waals surface area (Å²) in [6.45, 7) is 5.64. The molecule has 1 aliphatic rings. The largest absolute Gasteiger partial charge is 0.305 e. The van der Waals surface area contributed by atoms with Crippen LogP contribution in [0.4, 0.5) is 4.39 Å². The van der Waals surface area contributed by atoms with Gasteiger partial charge in [0.25, 0.3) is 0 Å². The maximum atomic E-state index is 12.9. The van der Waals surface area contributed by atoms with E-state index in [0.29, 0.717) is 18.2 Å². The first-order valence-electron chi connectivity index (χ1n) is 7.31. The van der Waals surface area contributed by atoms with Crippen LogP contribution < -0.4 is 0 Å². The van der Waals surface area contributed by atoms with Crippen molar-refractivity contribution in [1.82, 2.24) is 9.80 Å². The first-order valence-corrected chi connectivity index (χ1v) is 7.31. The van der Waals surface area contributed by atoms with E-state index < -0.39 is 0 Å². The lowest BCUT2D eigenvalue weighted by atomic mass is 10.1. The molecule has 0 aromatic heterocycles. The van der Waals surface area contributed by atoms with Crippen LogP contribution in [-0.4, -0.2) is 54.9 Å². The Morgan fingerprint density at radius 3 is 2.65 bits per heavy atom. The van der Waals surface area contributed by atoms with Crippen molar-refractivity contribution in [3.05, 3.63) is 35.6 Å². The van der Waals surface area contributed by atoms with E-state index in [1.807, 2.05) is 0 Å². The molecule has 0 saturated carbocycles. The lowest BCUT2D eigenvalue weighted by Gasteiger charge is -2.29. The molecule has 1 aromatic rings. The number of Topliss-reactive ketones (excluding diaryl/α,β-unsaturated/α-hetero) is 1. The molecule has 0 aliphatic carbocycles. The second-order valence-corrected chi connectivity index (χ2v) is 5.58. The molecule has 1 aromatic carbocycles. The number of hydrogen-bond donors (Lipinski definition) is 0. The number of likely N-dealkylation sites (N-methyl/N-ethyl adjacent to an activating group) is 1. The average Bonchev–Trinajstić information content (AvgIpc) is 2.61. The zero-order valence-corrected chi connectivity index (χ0v) is 12.3. The van der Waals surface area contributed by atoms with E-state index in [-0.39, 0.29) is 11.6 Å². The zero-order chi connectivity index (χ0) is 14.5. The Kier molecular flexibility index (Phi) is 5.26. The quantitative estimate of drug-likeness (QED) is 0.790. The molecule has 0 bridgehead atoms. The van der Waals surface area contributed by atoms with E-state index in [1.54, 1.807) is 12.1 Å². The van der Waals surface area contributed by atoms with Crippen LogP contribution in [0.2, 0.25) is 0 Å². The first kappa shape index (κ1) is 15.1. The molecular formula is C16H23FN2O. The van der Waals surface area contributed by atoms with Gasteiger partial charge in [-0.05, 0) is 50.7 Å². The number of ketones is 1. The van der Waals surface area contributed by atoms with Gasteiger partial charge in [0.2, 0.25) is 0 Å². The molecule has 1 unspecified atom stereocenters. The molecule has 1 fully saturated rings. The lowest BCUT2D eigenvalue weighted by molar-refractivity contribution is 0.0888. The summed E-state index contributed by atoms with van der Waals surface area (Å²) in [4.78, 5) is 16.9. The average molecular weight is 278 g/mol. The van der Waals surface area contributed by atoms with Crippen molar-refractivity contribution in [2.45, 2.75) is 25.8 Å². The van der Waals surface area contributed by atoms with Gasteiger partial charge in [-0.2, -0.15) is 0 Å². The number of carbonyl (C=O) groups is 1. The number of carbonyl (C=O) groups excluding carboxylic acids is 1. The van der Waals surface area contributed by atoms with Crippen LogP contribution in [-0.2, 0) is 0 Å². The van der Waals surface area contributed by atoms with Crippen molar-refractivity contribution in [3.63, 3.8) is 0 Å². The fourth-order valence-electron chi connectivity index (χ4n) is 2.80. The molecule has 20 heavy (non-hydrogen) atoms. The van der Waals surface area contributed by atoms with Crippen LogP contribution >= 0.6 is 0 Å². The lowest BCUT2D eigenvalue weighted by Crippen LogP contribution is -2.42. The summed E-state index contributed by atoms with van der Waals surface area (Å²) in [5, 5.41) is 0. The fourth-order valence-corrected chi connectivity index (χ4v) is 2.80. The Labute approximate surface area is 120 Å². The fraction of sp³-hybridized carbons (Fsp3) is 0.562. The monoisotopic (exact) mass is 278 g/mol. The van der Waals surface area contributed by atoms with Crippen LogP contribution in [0.1, 0.15) is 30.1 Å². The Morgan fingerprint density at radius 2 is 2.00 bits per heavy atom. The standard InChI is InChI=1S/C16H23FN2O/c1-3-15-11-18(2)9-4-10-19(15)12-16(20)13-5-7-14(17)8-6-13/h5-8,15H,3-4,9-12H2,1-2H3. The van der Waals surface area contributed by atoms with Gasteiger partial charge in [-0.3, -0.25) is 9.69 Å². The van der Waals surface area contributed by atoms with Crippen molar-refractivity contribution >= 4 is 5.78 Å². The van der Waals surface area contributed by atoms with E-state index in [1.165, 1.54) is 12.1 Å². The Morgan fingerprint density at radius 1 is 1.30 bits per heavy atom. The third-order valence-corrected chi connectivity index (χ3v) is 4.01. The van der Waals surface area contributed by atoms with Crippen molar-refractivity contribution in [2.24, 2.45) is 0 Å². The molecule has 4 heteroatoms. The number of benzene rings is 1. The van der Waals surface area contributed by atoms with Crippen LogP contribution in [0, 0.1) is 5.82 Å². The summed E-state index contributed by atoms with van der Waals surface area (Å²) in [6.07, 6.45) is 2.13. The maximum Gasteiger partial charge on any atom is 0.176 e. The van der Waals surface area contributed by atoms with Crippen molar-refractivity contribution in [3.8, 4) is 0 Å². The minimum absolute atomic E-state index is 0.0769. The minimum Gasteiger partial charge on any atom is -0.305 e. The highest BCUT2D eigenvalue weighted by atomic mass is 19.1. The zero-order valence-electron chi connectivity index (χ0n) is 12.3.